The molecule has 1 saturated carbocycles. The van der Waals surface area contributed by atoms with Crippen LogP contribution < -0.4 is 5.56 Å². The Morgan fingerprint density at radius 3 is 2.35 bits per heavy atom. The number of carbonyl (C=O) groups is 2. The first-order chi connectivity index (χ1) is 15.1. The number of Topliss-reactive ketones (excluding diaryl/α,β-unsaturated/α-hetero) is 1. The Hall–Kier alpha value is -3.28. The standard InChI is InChI=1S/C25H26N2O4/c1-2-27-24(29)21-11-7-6-10-20(21)23(26-27)25(30)31-16-22(28)19-14-12-18(13-15-19)17-8-4-3-5-9-17/h6-7,10-15,17H,2-5,8-9,16H2,1H3. The zero-order valence-electron chi connectivity index (χ0n) is 17.7. The van der Waals surface area contributed by atoms with Gasteiger partial charge in [0.1, 0.15) is 0 Å². The molecule has 0 unspecified atom stereocenters. The van der Waals surface area contributed by atoms with Crippen molar-refractivity contribution in [2.24, 2.45) is 0 Å². The topological polar surface area (TPSA) is 78.3 Å². The molecule has 0 atom stereocenters. The van der Waals surface area contributed by atoms with Crippen LogP contribution in [0.1, 0.15) is 71.4 Å². The maximum Gasteiger partial charge on any atom is 0.359 e. The minimum Gasteiger partial charge on any atom is -0.452 e. The molecule has 0 N–H and O–H groups in total. The van der Waals surface area contributed by atoms with Crippen molar-refractivity contribution in [3.63, 3.8) is 0 Å². The molecule has 0 saturated heterocycles. The van der Waals surface area contributed by atoms with Crippen molar-refractivity contribution in [3.05, 3.63) is 75.7 Å². The van der Waals surface area contributed by atoms with Crippen LogP contribution in [0.5, 0.6) is 0 Å². The average molecular weight is 418 g/mol. The van der Waals surface area contributed by atoms with Crippen molar-refractivity contribution in [2.75, 3.05) is 6.61 Å². The summed E-state index contributed by atoms with van der Waals surface area (Å²) in [7, 11) is 0. The van der Waals surface area contributed by atoms with Gasteiger partial charge in [-0.2, -0.15) is 5.10 Å². The van der Waals surface area contributed by atoms with E-state index in [1.165, 1.54) is 42.3 Å². The van der Waals surface area contributed by atoms with Crippen LogP contribution in [-0.2, 0) is 11.3 Å². The van der Waals surface area contributed by atoms with E-state index in [-0.39, 0.29) is 23.6 Å². The molecule has 0 spiro atoms. The van der Waals surface area contributed by atoms with Gasteiger partial charge in [-0.25, -0.2) is 9.48 Å². The van der Waals surface area contributed by atoms with E-state index in [9.17, 15) is 14.4 Å². The number of fused-ring (bicyclic) bond motifs is 1. The van der Waals surface area contributed by atoms with Crippen LogP contribution in [0.25, 0.3) is 10.8 Å². The van der Waals surface area contributed by atoms with Gasteiger partial charge in [-0.05, 0) is 37.3 Å². The second-order valence-corrected chi connectivity index (χ2v) is 7.97. The van der Waals surface area contributed by atoms with Crippen LogP contribution in [0, 0.1) is 0 Å². The summed E-state index contributed by atoms with van der Waals surface area (Å²) in [6.45, 7) is 1.73. The Bertz CT molecular complexity index is 1160. The molecule has 1 heterocycles. The van der Waals surface area contributed by atoms with Gasteiger partial charge in [0.2, 0.25) is 0 Å². The highest BCUT2D eigenvalue weighted by molar-refractivity contribution is 6.04. The van der Waals surface area contributed by atoms with E-state index in [0.717, 1.165) is 0 Å². The molecule has 2 aromatic carbocycles. The fraction of sp³-hybridized carbons (Fsp3) is 0.360. The number of rotatable bonds is 6. The number of aromatic nitrogens is 2. The summed E-state index contributed by atoms with van der Waals surface area (Å²) in [5.74, 6) is -0.411. The highest BCUT2D eigenvalue weighted by Gasteiger charge is 2.20. The Morgan fingerprint density at radius 1 is 1.00 bits per heavy atom. The van der Waals surface area contributed by atoms with E-state index < -0.39 is 5.97 Å². The molecule has 31 heavy (non-hydrogen) atoms. The lowest BCUT2D eigenvalue weighted by Gasteiger charge is -2.22. The molecule has 4 rings (SSSR count). The van der Waals surface area contributed by atoms with Crippen molar-refractivity contribution in [1.29, 1.82) is 0 Å². The maximum absolute atomic E-state index is 12.7. The van der Waals surface area contributed by atoms with Gasteiger partial charge in [0.25, 0.3) is 5.56 Å². The lowest BCUT2D eigenvalue weighted by atomic mass is 9.84. The molecule has 0 amide bonds. The summed E-state index contributed by atoms with van der Waals surface area (Å²) in [6.07, 6.45) is 6.22. The van der Waals surface area contributed by atoms with Crippen LogP contribution >= 0.6 is 0 Å². The molecule has 1 fully saturated rings. The fourth-order valence-electron chi connectivity index (χ4n) is 4.26. The monoisotopic (exact) mass is 418 g/mol. The number of ketones is 1. The van der Waals surface area contributed by atoms with E-state index in [1.807, 2.05) is 24.3 Å². The van der Waals surface area contributed by atoms with Crippen molar-refractivity contribution in [3.8, 4) is 0 Å². The molecule has 3 aromatic rings. The summed E-state index contributed by atoms with van der Waals surface area (Å²) in [5.41, 5.74) is 1.57. The number of aryl methyl sites for hydroxylation is 1. The van der Waals surface area contributed by atoms with E-state index in [4.69, 9.17) is 4.74 Å². The van der Waals surface area contributed by atoms with Crippen LogP contribution in [0.15, 0.2) is 53.3 Å². The van der Waals surface area contributed by atoms with Crippen molar-refractivity contribution in [1.82, 2.24) is 9.78 Å². The smallest absolute Gasteiger partial charge is 0.359 e. The number of nitrogens with zero attached hydrogens (tertiary/aromatic N) is 2. The number of ether oxygens (including phenoxy) is 1. The van der Waals surface area contributed by atoms with E-state index in [2.05, 4.69) is 5.10 Å². The molecule has 1 aromatic heterocycles. The summed E-state index contributed by atoms with van der Waals surface area (Å²) < 4.78 is 6.50. The maximum atomic E-state index is 12.7. The van der Waals surface area contributed by atoms with Crippen molar-refractivity contribution in [2.45, 2.75) is 51.5 Å². The Kier molecular flexibility index (Phi) is 6.26. The minimum absolute atomic E-state index is 0.0393. The number of esters is 1. The molecular formula is C25H26N2O4. The van der Waals surface area contributed by atoms with Crippen molar-refractivity contribution >= 4 is 22.5 Å². The molecule has 0 aliphatic heterocycles. The first-order valence-corrected chi connectivity index (χ1v) is 10.9. The lowest BCUT2D eigenvalue weighted by molar-refractivity contribution is 0.0468. The summed E-state index contributed by atoms with van der Waals surface area (Å²) in [4.78, 5) is 37.7. The minimum atomic E-state index is -0.717. The third kappa shape index (κ3) is 4.43. The quantitative estimate of drug-likeness (QED) is 0.435. The molecule has 1 aliphatic carbocycles. The fourth-order valence-corrected chi connectivity index (χ4v) is 4.26. The molecule has 160 valence electrons. The second kappa shape index (κ2) is 9.25. The van der Waals surface area contributed by atoms with Crippen LogP contribution in [0.2, 0.25) is 0 Å². The van der Waals surface area contributed by atoms with Gasteiger partial charge >= 0.3 is 5.97 Å². The largest absolute Gasteiger partial charge is 0.452 e. The number of hydrogen-bond acceptors (Lipinski definition) is 5. The number of benzene rings is 2. The predicted octanol–water partition coefficient (Wildman–Crippen LogP) is 4.50. The Morgan fingerprint density at radius 2 is 1.68 bits per heavy atom. The molecule has 0 radical (unpaired) electrons. The molecule has 6 nitrogen and oxygen atoms in total. The van der Waals surface area contributed by atoms with Gasteiger partial charge in [-0.3, -0.25) is 9.59 Å². The first-order valence-electron chi connectivity index (χ1n) is 10.9. The Labute approximate surface area is 180 Å². The van der Waals surface area contributed by atoms with Gasteiger partial charge in [0, 0.05) is 17.5 Å². The summed E-state index contributed by atoms with van der Waals surface area (Å²) in [6, 6.07) is 14.4. The lowest BCUT2D eigenvalue weighted by Crippen LogP contribution is -2.26. The molecule has 6 heteroatoms. The normalized spacial score (nSPS) is 14.5. The third-order valence-corrected chi connectivity index (χ3v) is 6.00. The van der Waals surface area contributed by atoms with Crippen LogP contribution in [-0.4, -0.2) is 28.1 Å². The molecule has 1 aliphatic rings. The highest BCUT2D eigenvalue weighted by atomic mass is 16.5. The number of hydrogen-bond donors (Lipinski definition) is 0. The Balaban J connectivity index is 1.47. The summed E-state index contributed by atoms with van der Waals surface area (Å²) >= 11 is 0. The van der Waals surface area contributed by atoms with Gasteiger partial charge in [-0.1, -0.05) is 61.7 Å². The van der Waals surface area contributed by atoms with Gasteiger partial charge in [-0.15, -0.1) is 0 Å². The van der Waals surface area contributed by atoms with Gasteiger partial charge < -0.3 is 4.74 Å². The SMILES string of the molecule is CCn1nc(C(=O)OCC(=O)c2ccc(C3CCCCC3)cc2)c2ccccc2c1=O. The van der Waals surface area contributed by atoms with E-state index in [0.29, 0.717) is 28.8 Å². The third-order valence-electron chi connectivity index (χ3n) is 6.00. The second-order valence-electron chi connectivity index (χ2n) is 7.97. The zero-order chi connectivity index (χ0) is 21.8. The van der Waals surface area contributed by atoms with E-state index >= 15 is 0 Å². The highest BCUT2D eigenvalue weighted by Crippen LogP contribution is 2.32. The van der Waals surface area contributed by atoms with Crippen LogP contribution in [0.3, 0.4) is 0 Å². The summed E-state index contributed by atoms with van der Waals surface area (Å²) in [5, 5.41) is 4.97. The van der Waals surface area contributed by atoms with Gasteiger partial charge in [0.05, 0.1) is 5.39 Å². The van der Waals surface area contributed by atoms with Crippen molar-refractivity contribution < 1.29 is 14.3 Å². The molecule has 0 bridgehead atoms. The molecular weight excluding hydrogens is 392 g/mol. The zero-order valence-corrected chi connectivity index (χ0v) is 17.7. The average Bonchev–Trinajstić information content (AvgIpc) is 2.83. The first kappa shape index (κ1) is 21.0. The van der Waals surface area contributed by atoms with Crippen LogP contribution in [0.4, 0.5) is 0 Å². The predicted molar refractivity (Wildman–Crippen MR) is 119 cm³/mol. The van der Waals surface area contributed by atoms with Gasteiger partial charge in [0.15, 0.2) is 18.1 Å². The van der Waals surface area contributed by atoms with E-state index in [1.54, 1.807) is 31.2 Å². The number of carbonyl (C=O) groups excluding carboxylic acids is 2.